The highest BCUT2D eigenvalue weighted by molar-refractivity contribution is 7.87. The van der Waals surface area contributed by atoms with Gasteiger partial charge in [-0.2, -0.15) is 50.5 Å². The van der Waals surface area contributed by atoms with Crippen molar-refractivity contribution in [1.82, 2.24) is 0 Å². The molecule has 6 aromatic carbocycles. The predicted octanol–water partition coefficient (Wildman–Crippen LogP) is 5.53. The normalized spacial score (nSPS) is 13.3. The highest BCUT2D eigenvalue weighted by Gasteiger charge is 2.31. The summed E-state index contributed by atoms with van der Waals surface area (Å²) in [6.07, 6.45) is 0. The molecule has 0 aliphatic heterocycles. The molecule has 374 valence electrons. The maximum atomic E-state index is 12.9. The minimum atomic E-state index is -5.78. The van der Waals surface area contributed by atoms with Gasteiger partial charge in [0.25, 0.3) is 72.1 Å². The fraction of sp³-hybridized carbons (Fsp3) is 0. The first kappa shape index (κ1) is 52.7. The fourth-order valence-corrected chi connectivity index (χ4v) is 10.3. The van der Waals surface area contributed by atoms with Crippen LogP contribution in [0.25, 0.3) is 21.5 Å². The number of phenolic OH excluding ortho intramolecular Hbond substituents is 2. The Morgan fingerprint density at radius 1 is 0.423 bits per heavy atom. The van der Waals surface area contributed by atoms with Gasteiger partial charge in [-0.25, -0.2) is 0 Å². The number of nitrogen functional groups attached to an aromatic ring is 1. The Labute approximate surface area is 393 Å². The number of hydrogen-bond acceptors (Lipinski definition) is 25. The van der Waals surface area contributed by atoms with Gasteiger partial charge in [0.2, 0.25) is 0 Å². The van der Waals surface area contributed by atoms with Gasteiger partial charge in [0.15, 0.2) is 11.5 Å². The van der Waals surface area contributed by atoms with Crippen molar-refractivity contribution in [2.24, 2.45) is 30.7 Å². The van der Waals surface area contributed by atoms with Crippen LogP contribution < -0.4 is 5.73 Å². The van der Waals surface area contributed by atoms with Gasteiger partial charge in [-0.1, -0.05) is 0 Å². The number of nitro groups is 2. The van der Waals surface area contributed by atoms with Gasteiger partial charge in [0.05, 0.1) is 20.9 Å². The summed E-state index contributed by atoms with van der Waals surface area (Å²) in [6, 6.07) is 5.37. The number of hydrogen-bond donors (Lipinski definition) is 9. The smallest absolute Gasteiger partial charge is 0.297 e. The Morgan fingerprint density at radius 2 is 0.789 bits per heavy atom. The third kappa shape index (κ3) is 10.6. The van der Waals surface area contributed by atoms with Crippen LogP contribution in [-0.4, -0.2) is 97.9 Å². The molecule has 0 aliphatic rings. The summed E-state index contributed by atoms with van der Waals surface area (Å²) in [7, 11) is -33.4. The van der Waals surface area contributed by atoms with Crippen molar-refractivity contribution in [2.75, 3.05) is 5.73 Å². The molecular weight excluding hydrogens is 1090 g/mol. The Kier molecular flexibility index (Phi) is 13.3. The van der Waals surface area contributed by atoms with Crippen LogP contribution in [0.3, 0.4) is 0 Å². The zero-order chi connectivity index (χ0) is 53.3. The number of benzene rings is 6. The number of azo groups is 3. The monoisotopic (exact) mass is 1110 g/mol. The van der Waals surface area contributed by atoms with Gasteiger partial charge >= 0.3 is 0 Å². The summed E-state index contributed by atoms with van der Waals surface area (Å²) >= 11 is 0. The fourth-order valence-electron chi connectivity index (χ4n) is 6.25. The molecule has 0 heterocycles. The third-order valence-electron chi connectivity index (χ3n) is 9.21. The Morgan fingerprint density at radius 3 is 1.20 bits per heavy atom. The SMILES string of the molecule is Nc1c(N=Nc2ccc3c(O)c(N=Nc4ccc([N+](=O)[O-])cc4S(=O)(=O)O)c(S(=O)(=O)O)cc3c2S(=O)(=O)O)c(S(=O)(=O)O)cc2cc(S(=O)(=O)O)c(N=Nc3ccc([N+](=O)[O-])cc3S(=O)(=O)O)c(O)c12. The first-order valence-electron chi connectivity index (χ1n) is 17.5. The molecule has 6 aromatic rings. The molecule has 0 amide bonds. The summed E-state index contributed by atoms with van der Waals surface area (Å²) in [5.41, 5.74) is -3.68. The van der Waals surface area contributed by atoms with Crippen LogP contribution in [0.1, 0.15) is 0 Å². The molecule has 0 radical (unpaired) electrons. The first-order valence-corrected chi connectivity index (χ1v) is 26.2. The second-order valence-electron chi connectivity index (χ2n) is 13.7. The average molecular weight is 1110 g/mol. The molecule has 0 saturated carbocycles. The Balaban J connectivity index is 1.61. The zero-order valence-corrected chi connectivity index (χ0v) is 38.5. The average Bonchev–Trinajstić information content (AvgIpc) is 3.22. The summed E-state index contributed by atoms with van der Waals surface area (Å²) in [5.74, 6) is -2.89. The summed E-state index contributed by atoms with van der Waals surface area (Å²) in [5, 5.41) is 62.0. The molecular formula is C32H21N9O24S6. The van der Waals surface area contributed by atoms with Gasteiger partial charge in [0.1, 0.15) is 63.5 Å². The molecule has 33 nitrogen and oxygen atoms in total. The number of aromatic hydroxyl groups is 2. The highest BCUT2D eigenvalue weighted by atomic mass is 32.2. The second-order valence-corrected chi connectivity index (χ2v) is 22.0. The number of phenols is 2. The predicted molar refractivity (Wildman–Crippen MR) is 233 cm³/mol. The number of fused-ring (bicyclic) bond motifs is 2. The van der Waals surface area contributed by atoms with Crippen molar-refractivity contribution in [3.8, 4) is 11.5 Å². The van der Waals surface area contributed by atoms with E-state index in [-0.39, 0.29) is 6.07 Å². The zero-order valence-electron chi connectivity index (χ0n) is 33.6. The van der Waals surface area contributed by atoms with E-state index in [1.54, 1.807) is 0 Å². The lowest BCUT2D eigenvalue weighted by molar-refractivity contribution is -0.385. The van der Waals surface area contributed by atoms with Crippen molar-refractivity contribution in [2.45, 2.75) is 29.4 Å². The Hall–Kier alpha value is -7.70. The Bertz CT molecular complexity index is 4210. The quantitative estimate of drug-likeness (QED) is 0.0213. The molecule has 0 aromatic heterocycles. The number of nitrogens with two attached hydrogens (primary N) is 1. The second kappa shape index (κ2) is 17.9. The van der Waals surface area contributed by atoms with Crippen LogP contribution in [0.5, 0.6) is 11.5 Å². The van der Waals surface area contributed by atoms with E-state index in [1.165, 1.54) is 0 Å². The van der Waals surface area contributed by atoms with Gasteiger partial charge in [-0.15, -0.1) is 30.7 Å². The van der Waals surface area contributed by atoms with E-state index >= 15 is 0 Å². The van der Waals surface area contributed by atoms with E-state index in [4.69, 9.17) is 5.73 Å². The van der Waals surface area contributed by atoms with Crippen molar-refractivity contribution in [3.05, 3.63) is 87.0 Å². The maximum absolute atomic E-state index is 12.9. The minimum Gasteiger partial charge on any atom is -0.505 e. The van der Waals surface area contributed by atoms with Gasteiger partial charge in [-0.3, -0.25) is 47.5 Å². The first-order chi connectivity index (χ1) is 32.4. The van der Waals surface area contributed by atoms with Crippen molar-refractivity contribution < 1.29 is 97.9 Å². The number of anilines is 1. The summed E-state index contributed by atoms with van der Waals surface area (Å²) in [4.78, 5) is 11.8. The van der Waals surface area contributed by atoms with Gasteiger partial charge in [-0.05, 0) is 47.9 Å². The summed E-state index contributed by atoms with van der Waals surface area (Å²) < 4.78 is 209. The lowest BCUT2D eigenvalue weighted by Crippen LogP contribution is -2.04. The maximum Gasteiger partial charge on any atom is 0.297 e. The van der Waals surface area contributed by atoms with Crippen LogP contribution in [0.4, 0.5) is 51.2 Å². The van der Waals surface area contributed by atoms with E-state index in [9.17, 15) is 108 Å². The van der Waals surface area contributed by atoms with E-state index in [0.29, 0.717) is 60.7 Å². The number of nitrogens with zero attached hydrogens (tertiary/aromatic N) is 8. The summed E-state index contributed by atoms with van der Waals surface area (Å²) in [6.45, 7) is 0. The van der Waals surface area contributed by atoms with E-state index in [2.05, 4.69) is 30.7 Å². The molecule has 0 unspecified atom stereocenters. The van der Waals surface area contributed by atoms with Crippen molar-refractivity contribution >= 4 is 133 Å². The standard InChI is InChI=1S/C32H21N9O24S6/c33-26-25-12(8-23(69(57,58)59)29(31(25)43)39-35-18-5-2-14(41(46)47)10-21(18)67(51,52)53)7-22(68(54,55)56)27(26)37-36-19-6-3-15-16(32(19)71(63,64)65)11-24(70(60,61)62)28(30(15)42)38-34-17-4-1-13(40(44)45)9-20(17)66(48,49)50/h1-11,42-43H,33H2,(H,48,49,50)(H,51,52,53)(H,54,55,56)(H,57,58,59)(H,60,61,62)(H,63,64,65). The van der Waals surface area contributed by atoms with E-state index < -0.39 is 184 Å². The lowest BCUT2D eigenvalue weighted by atomic mass is 10.1. The van der Waals surface area contributed by atoms with Gasteiger partial charge < -0.3 is 15.9 Å². The molecule has 10 N–H and O–H groups in total. The molecule has 0 atom stereocenters. The van der Waals surface area contributed by atoms with Gasteiger partial charge in [0, 0.05) is 35.0 Å². The topological polar surface area (TPSA) is 553 Å². The molecule has 0 aliphatic carbocycles. The highest BCUT2D eigenvalue weighted by Crippen LogP contribution is 2.50. The largest absolute Gasteiger partial charge is 0.505 e. The lowest BCUT2D eigenvalue weighted by Gasteiger charge is -2.14. The van der Waals surface area contributed by atoms with Crippen molar-refractivity contribution in [1.29, 1.82) is 0 Å². The number of rotatable bonds is 14. The number of nitro benzene ring substituents is 2. The minimum absolute atomic E-state index is 0.227. The molecule has 0 saturated heterocycles. The van der Waals surface area contributed by atoms with E-state index in [1.807, 2.05) is 0 Å². The number of non-ortho nitro benzene ring substituents is 2. The molecule has 39 heteroatoms. The van der Waals surface area contributed by atoms with Crippen LogP contribution in [0.15, 0.2) is 127 Å². The van der Waals surface area contributed by atoms with E-state index in [0.717, 1.165) is 0 Å². The molecule has 6 rings (SSSR count). The molecule has 0 bridgehead atoms. The van der Waals surface area contributed by atoms with Crippen molar-refractivity contribution in [3.63, 3.8) is 0 Å². The van der Waals surface area contributed by atoms with Crippen LogP contribution in [0, 0.1) is 20.2 Å². The molecule has 0 fully saturated rings. The third-order valence-corrected chi connectivity index (χ3v) is 14.5. The molecule has 71 heavy (non-hydrogen) atoms. The van der Waals surface area contributed by atoms with Crippen LogP contribution >= 0.6 is 0 Å². The van der Waals surface area contributed by atoms with Crippen LogP contribution in [0.2, 0.25) is 0 Å². The van der Waals surface area contributed by atoms with Crippen LogP contribution in [-0.2, 0) is 60.7 Å². The molecule has 0 spiro atoms.